The molecule has 9 nitrogen and oxygen atoms in total. The molecule has 3 rings (SSSR count). The Kier molecular flexibility index (Phi) is 5.29. The number of hydrogen-bond donors (Lipinski definition) is 4. The van der Waals surface area contributed by atoms with Crippen molar-refractivity contribution in [3.05, 3.63) is 64.7 Å². The van der Waals surface area contributed by atoms with E-state index >= 15 is 0 Å². The Morgan fingerprint density at radius 3 is 2.27 bits per heavy atom. The summed E-state index contributed by atoms with van der Waals surface area (Å²) in [5.41, 5.74) is 11.3. The molecule has 0 spiro atoms. The van der Waals surface area contributed by atoms with Gasteiger partial charge >= 0.3 is 0 Å². The summed E-state index contributed by atoms with van der Waals surface area (Å²) in [5.74, 6) is -0.265. The van der Waals surface area contributed by atoms with Gasteiger partial charge in [0.1, 0.15) is 10.6 Å². The number of hydrogen-bond acceptors (Lipinski definition) is 7. The monoisotopic (exact) mass is 377 g/mol. The van der Waals surface area contributed by atoms with E-state index in [-0.39, 0.29) is 22.0 Å². The highest BCUT2D eigenvalue weighted by Crippen LogP contribution is 2.25. The zero-order valence-electron chi connectivity index (χ0n) is 13.2. The first kappa shape index (κ1) is 19.0. The first-order valence-electron chi connectivity index (χ1n) is 7.08. The van der Waals surface area contributed by atoms with Crippen molar-refractivity contribution < 1.29 is 23.0 Å². The molecule has 0 atom stereocenters. The van der Waals surface area contributed by atoms with Gasteiger partial charge in [0.25, 0.3) is 15.8 Å². The third-order valence-electron chi connectivity index (χ3n) is 3.37. The molecule has 0 aromatic heterocycles. The Labute approximate surface area is 148 Å². The number of rotatable bonds is 2. The first-order valence-corrected chi connectivity index (χ1v) is 8.52. The maximum Gasteiger partial charge on any atom is 0.295 e. The Balaban J connectivity index is 0.000000197. The molecule has 0 saturated heterocycles. The summed E-state index contributed by atoms with van der Waals surface area (Å²) >= 11 is 0. The van der Waals surface area contributed by atoms with E-state index < -0.39 is 15.0 Å². The van der Waals surface area contributed by atoms with E-state index in [9.17, 15) is 18.5 Å². The van der Waals surface area contributed by atoms with Crippen LogP contribution in [0.15, 0.2) is 59.5 Å². The van der Waals surface area contributed by atoms with Crippen molar-refractivity contribution in [2.75, 3.05) is 11.5 Å². The van der Waals surface area contributed by atoms with Crippen LogP contribution in [0.5, 0.6) is 5.75 Å². The van der Waals surface area contributed by atoms with Gasteiger partial charge in [-0.25, -0.2) is 0 Å². The van der Waals surface area contributed by atoms with Gasteiger partial charge in [-0.1, -0.05) is 18.2 Å². The molecule has 0 radical (unpaired) electrons. The minimum Gasteiger partial charge on any atom is -0.506 e. The van der Waals surface area contributed by atoms with Gasteiger partial charge in [-0.3, -0.25) is 14.7 Å². The maximum absolute atomic E-state index is 11.1. The Morgan fingerprint density at radius 1 is 1.00 bits per heavy atom. The number of anilines is 2. The quantitative estimate of drug-likeness (QED) is 0.173. The van der Waals surface area contributed by atoms with Crippen LogP contribution in [-0.4, -0.2) is 23.0 Å². The molecular formula is C16H15N3O6S. The third kappa shape index (κ3) is 4.37. The molecule has 0 saturated carbocycles. The minimum atomic E-state index is -4.18. The summed E-state index contributed by atoms with van der Waals surface area (Å²) in [4.78, 5) is 9.42. The molecule has 6 N–H and O–H groups in total. The molecule has 136 valence electrons. The van der Waals surface area contributed by atoms with Crippen LogP contribution in [0.2, 0.25) is 0 Å². The minimum absolute atomic E-state index is 0.0972. The smallest absolute Gasteiger partial charge is 0.295 e. The SMILES string of the molecule is Nc1ccc([N+](=O)[O-])cc1O.Nc1ccc2c(S(=O)(=O)O)cccc2c1. The van der Waals surface area contributed by atoms with E-state index in [4.69, 9.17) is 21.1 Å². The summed E-state index contributed by atoms with van der Waals surface area (Å²) in [7, 11) is -4.18. The van der Waals surface area contributed by atoms with E-state index in [1.807, 2.05) is 0 Å². The number of nitro benzene ring substituents is 1. The fourth-order valence-electron chi connectivity index (χ4n) is 2.14. The topological polar surface area (TPSA) is 170 Å². The third-order valence-corrected chi connectivity index (χ3v) is 4.28. The van der Waals surface area contributed by atoms with Crippen LogP contribution in [0.4, 0.5) is 17.1 Å². The van der Waals surface area contributed by atoms with Crippen molar-refractivity contribution in [3.8, 4) is 5.75 Å². The highest BCUT2D eigenvalue weighted by Gasteiger charge is 2.13. The van der Waals surface area contributed by atoms with Gasteiger partial charge in [-0.15, -0.1) is 0 Å². The molecule has 0 unspecified atom stereocenters. The van der Waals surface area contributed by atoms with Gasteiger partial charge in [0.05, 0.1) is 16.7 Å². The molecule has 3 aromatic carbocycles. The molecule has 0 aliphatic rings. The number of phenolic OH excluding ortho intramolecular Hbond substituents is 1. The van der Waals surface area contributed by atoms with Gasteiger partial charge in [-0.05, 0) is 29.7 Å². The predicted molar refractivity (Wildman–Crippen MR) is 97.3 cm³/mol. The Morgan fingerprint density at radius 2 is 1.69 bits per heavy atom. The molecule has 0 aliphatic heterocycles. The fraction of sp³-hybridized carbons (Fsp3) is 0. The number of phenols is 1. The molecule has 0 fully saturated rings. The van der Waals surface area contributed by atoms with E-state index in [0.717, 1.165) is 6.07 Å². The van der Waals surface area contributed by atoms with E-state index in [0.29, 0.717) is 16.5 Å². The molecule has 3 aromatic rings. The summed E-state index contributed by atoms with van der Waals surface area (Å²) in [6, 6.07) is 13.0. The number of non-ortho nitro benzene ring substituents is 1. The lowest BCUT2D eigenvalue weighted by Crippen LogP contribution is -1.99. The highest BCUT2D eigenvalue weighted by molar-refractivity contribution is 7.86. The molecule has 0 aliphatic carbocycles. The molecule has 10 heteroatoms. The van der Waals surface area contributed by atoms with E-state index in [1.165, 1.54) is 18.2 Å². The van der Waals surface area contributed by atoms with Crippen molar-refractivity contribution in [1.82, 2.24) is 0 Å². The number of nitro groups is 1. The van der Waals surface area contributed by atoms with Crippen LogP contribution >= 0.6 is 0 Å². The second-order valence-corrected chi connectivity index (χ2v) is 6.60. The number of nitrogens with two attached hydrogens (primary N) is 2. The van der Waals surface area contributed by atoms with E-state index in [2.05, 4.69) is 0 Å². The van der Waals surface area contributed by atoms with Gasteiger partial charge in [0.15, 0.2) is 0 Å². The zero-order valence-corrected chi connectivity index (χ0v) is 14.1. The first-order chi connectivity index (χ1) is 12.1. The van der Waals surface area contributed by atoms with Gasteiger partial charge in [0.2, 0.25) is 0 Å². The Hall–Kier alpha value is -3.37. The van der Waals surface area contributed by atoms with Crippen LogP contribution < -0.4 is 11.5 Å². The normalized spacial score (nSPS) is 10.8. The Bertz CT molecular complexity index is 1080. The number of fused-ring (bicyclic) bond motifs is 1. The number of benzene rings is 3. The molecule has 0 amide bonds. The second kappa shape index (κ2) is 7.25. The molecule has 0 heterocycles. The van der Waals surface area contributed by atoms with Crippen molar-refractivity contribution >= 4 is 38.0 Å². The average molecular weight is 377 g/mol. The fourth-order valence-corrected chi connectivity index (χ4v) is 2.86. The van der Waals surface area contributed by atoms with Gasteiger partial charge < -0.3 is 16.6 Å². The van der Waals surface area contributed by atoms with Crippen LogP contribution in [0.1, 0.15) is 0 Å². The number of nitrogens with zero attached hydrogens (tertiary/aromatic N) is 1. The summed E-state index contributed by atoms with van der Waals surface area (Å²) < 4.78 is 31.1. The van der Waals surface area contributed by atoms with E-state index in [1.54, 1.807) is 30.3 Å². The maximum atomic E-state index is 11.1. The van der Waals surface area contributed by atoms with Crippen LogP contribution in [0, 0.1) is 10.1 Å². The molecule has 26 heavy (non-hydrogen) atoms. The van der Waals surface area contributed by atoms with Crippen molar-refractivity contribution in [1.29, 1.82) is 0 Å². The lowest BCUT2D eigenvalue weighted by molar-refractivity contribution is -0.384. The summed E-state index contributed by atoms with van der Waals surface area (Å²) in [6.45, 7) is 0. The van der Waals surface area contributed by atoms with Crippen molar-refractivity contribution in [2.24, 2.45) is 0 Å². The molecular weight excluding hydrogens is 362 g/mol. The standard InChI is InChI=1S/C10H9NO3S.C6H6N2O3/c11-8-4-5-9-7(6-8)2-1-3-10(9)15(12,13)14;7-5-2-1-4(8(10)11)3-6(5)9/h1-6H,11H2,(H,12,13,14);1-3,9H,7H2. The molecule has 0 bridgehead atoms. The largest absolute Gasteiger partial charge is 0.506 e. The van der Waals surface area contributed by atoms with Crippen LogP contribution in [-0.2, 0) is 10.1 Å². The average Bonchev–Trinajstić information content (AvgIpc) is 2.56. The lowest BCUT2D eigenvalue weighted by atomic mass is 10.1. The zero-order chi connectivity index (χ0) is 19.5. The second-order valence-electron chi connectivity index (χ2n) is 5.21. The van der Waals surface area contributed by atoms with Crippen LogP contribution in [0.3, 0.4) is 0 Å². The van der Waals surface area contributed by atoms with Gasteiger partial charge in [-0.2, -0.15) is 8.42 Å². The summed E-state index contributed by atoms with van der Waals surface area (Å²) in [5, 5.41) is 20.2. The lowest BCUT2D eigenvalue weighted by Gasteiger charge is -2.03. The van der Waals surface area contributed by atoms with Crippen LogP contribution in [0.25, 0.3) is 10.8 Å². The number of aromatic hydroxyl groups is 1. The van der Waals surface area contributed by atoms with Gasteiger partial charge in [0, 0.05) is 17.1 Å². The van der Waals surface area contributed by atoms with Crippen molar-refractivity contribution in [2.45, 2.75) is 4.90 Å². The highest BCUT2D eigenvalue weighted by atomic mass is 32.2. The van der Waals surface area contributed by atoms with Crippen molar-refractivity contribution in [3.63, 3.8) is 0 Å². The number of nitrogen functional groups attached to an aromatic ring is 2. The summed E-state index contributed by atoms with van der Waals surface area (Å²) in [6.07, 6.45) is 0. The predicted octanol–water partition coefficient (Wildman–Crippen LogP) is 2.55.